The zero-order chi connectivity index (χ0) is 13.9. The molecule has 1 aliphatic carbocycles. The van der Waals surface area contributed by atoms with Gasteiger partial charge in [-0.1, -0.05) is 12.1 Å². The molecule has 1 aromatic rings. The second-order valence-corrected chi connectivity index (χ2v) is 4.91. The van der Waals surface area contributed by atoms with E-state index in [9.17, 15) is 15.0 Å². The fourth-order valence-corrected chi connectivity index (χ4v) is 2.26. The van der Waals surface area contributed by atoms with Gasteiger partial charge in [0.2, 0.25) is 0 Å². The summed E-state index contributed by atoms with van der Waals surface area (Å²) >= 11 is 0. The minimum Gasteiger partial charge on any atom is -0.497 e. The van der Waals surface area contributed by atoms with Gasteiger partial charge in [0, 0.05) is 6.54 Å². The molecule has 2 rings (SSSR count). The quantitative estimate of drug-likeness (QED) is 0.723. The van der Waals surface area contributed by atoms with Crippen LogP contribution in [-0.4, -0.2) is 35.4 Å². The van der Waals surface area contributed by atoms with Gasteiger partial charge in [0.15, 0.2) is 0 Å². The van der Waals surface area contributed by atoms with Crippen LogP contribution < -0.4 is 10.1 Å². The molecule has 0 radical (unpaired) electrons. The largest absolute Gasteiger partial charge is 0.497 e. The maximum atomic E-state index is 11.2. The molecular weight excluding hydrogens is 246 g/mol. The minimum absolute atomic E-state index is 0.222. The predicted molar refractivity (Wildman–Crippen MR) is 70.2 cm³/mol. The Labute approximate surface area is 112 Å². The van der Waals surface area contributed by atoms with Crippen LogP contribution in [0.2, 0.25) is 0 Å². The first kappa shape index (κ1) is 13.8. The molecule has 3 N–H and O–H groups in total. The maximum Gasteiger partial charge on any atom is 0.323 e. The summed E-state index contributed by atoms with van der Waals surface area (Å²) in [4.78, 5) is 11.2. The van der Waals surface area contributed by atoms with Gasteiger partial charge in [0.05, 0.1) is 13.2 Å². The van der Waals surface area contributed by atoms with E-state index in [1.54, 1.807) is 31.4 Å². The summed E-state index contributed by atoms with van der Waals surface area (Å²) in [5, 5.41) is 22.3. The Morgan fingerprint density at radius 1 is 1.53 bits per heavy atom. The average molecular weight is 265 g/mol. The number of hydrogen-bond acceptors (Lipinski definition) is 4. The standard InChI is InChI=1S/C14H19NO4/c1-19-11-5-2-4-10(8-11)12(16)9-15-14(13(17)18)6-3-7-14/h2,4-5,8,12,15-16H,3,6-7,9H2,1H3,(H,17,18). The molecule has 1 fully saturated rings. The second kappa shape index (κ2) is 5.59. The van der Waals surface area contributed by atoms with Crippen LogP contribution in [0.1, 0.15) is 30.9 Å². The van der Waals surface area contributed by atoms with Gasteiger partial charge in [0.25, 0.3) is 0 Å². The van der Waals surface area contributed by atoms with Gasteiger partial charge in [0.1, 0.15) is 11.3 Å². The van der Waals surface area contributed by atoms with E-state index in [0.717, 1.165) is 6.42 Å². The molecule has 1 saturated carbocycles. The first-order valence-electron chi connectivity index (χ1n) is 6.38. The van der Waals surface area contributed by atoms with Crippen molar-refractivity contribution >= 4 is 5.97 Å². The zero-order valence-corrected chi connectivity index (χ0v) is 10.9. The molecule has 0 saturated heterocycles. The molecular formula is C14H19NO4. The molecule has 1 unspecified atom stereocenters. The number of aliphatic hydroxyl groups is 1. The smallest absolute Gasteiger partial charge is 0.323 e. The molecule has 0 spiro atoms. The Kier molecular flexibility index (Phi) is 4.07. The van der Waals surface area contributed by atoms with E-state index in [1.165, 1.54) is 0 Å². The molecule has 5 heteroatoms. The molecule has 0 aromatic heterocycles. The number of nitrogens with one attached hydrogen (secondary N) is 1. The summed E-state index contributed by atoms with van der Waals surface area (Å²) in [7, 11) is 1.57. The summed E-state index contributed by atoms with van der Waals surface area (Å²) in [5.41, 5.74) is -0.133. The van der Waals surface area contributed by atoms with Gasteiger partial charge in [-0.3, -0.25) is 10.1 Å². The van der Waals surface area contributed by atoms with Crippen LogP contribution in [0.15, 0.2) is 24.3 Å². The molecule has 0 amide bonds. The van der Waals surface area contributed by atoms with Crippen molar-refractivity contribution in [1.82, 2.24) is 5.32 Å². The first-order chi connectivity index (χ1) is 9.07. The summed E-state index contributed by atoms with van der Waals surface area (Å²) in [6, 6.07) is 7.14. The molecule has 0 heterocycles. The molecule has 1 aromatic carbocycles. The lowest BCUT2D eigenvalue weighted by atomic mass is 9.76. The molecule has 0 aliphatic heterocycles. The van der Waals surface area contributed by atoms with Crippen molar-refractivity contribution in [1.29, 1.82) is 0 Å². The molecule has 19 heavy (non-hydrogen) atoms. The number of hydrogen-bond donors (Lipinski definition) is 3. The highest BCUT2D eigenvalue weighted by atomic mass is 16.5. The van der Waals surface area contributed by atoms with Crippen LogP contribution in [-0.2, 0) is 4.79 Å². The number of carboxylic acid groups (broad SMARTS) is 1. The number of aliphatic hydroxyl groups excluding tert-OH is 1. The van der Waals surface area contributed by atoms with Crippen LogP contribution >= 0.6 is 0 Å². The van der Waals surface area contributed by atoms with Crippen molar-refractivity contribution < 1.29 is 19.7 Å². The van der Waals surface area contributed by atoms with Crippen molar-refractivity contribution in [3.63, 3.8) is 0 Å². The Hall–Kier alpha value is -1.59. The first-order valence-corrected chi connectivity index (χ1v) is 6.38. The Morgan fingerprint density at radius 3 is 2.79 bits per heavy atom. The SMILES string of the molecule is COc1cccc(C(O)CNC2(C(=O)O)CCC2)c1. The topological polar surface area (TPSA) is 78.8 Å². The minimum atomic E-state index is -0.847. The highest BCUT2D eigenvalue weighted by molar-refractivity contribution is 5.79. The summed E-state index contributed by atoms with van der Waals surface area (Å²) in [5.74, 6) is -0.162. The Bertz CT molecular complexity index is 457. The highest BCUT2D eigenvalue weighted by Gasteiger charge is 2.44. The van der Waals surface area contributed by atoms with E-state index >= 15 is 0 Å². The third-order valence-electron chi connectivity index (χ3n) is 3.73. The number of benzene rings is 1. The molecule has 5 nitrogen and oxygen atoms in total. The highest BCUT2D eigenvalue weighted by Crippen LogP contribution is 2.32. The van der Waals surface area contributed by atoms with Gasteiger partial charge < -0.3 is 14.9 Å². The van der Waals surface area contributed by atoms with E-state index in [-0.39, 0.29) is 6.54 Å². The summed E-state index contributed by atoms with van der Waals surface area (Å²) in [6.45, 7) is 0.222. The van der Waals surface area contributed by atoms with Crippen LogP contribution in [0.3, 0.4) is 0 Å². The van der Waals surface area contributed by atoms with E-state index < -0.39 is 17.6 Å². The van der Waals surface area contributed by atoms with Crippen molar-refractivity contribution in [3.05, 3.63) is 29.8 Å². The molecule has 1 atom stereocenters. The summed E-state index contributed by atoms with van der Waals surface area (Å²) in [6.07, 6.45) is 1.40. The van der Waals surface area contributed by atoms with Gasteiger partial charge >= 0.3 is 5.97 Å². The van der Waals surface area contributed by atoms with E-state index in [0.29, 0.717) is 24.2 Å². The summed E-state index contributed by atoms with van der Waals surface area (Å²) < 4.78 is 5.10. The fourth-order valence-electron chi connectivity index (χ4n) is 2.26. The Morgan fingerprint density at radius 2 is 2.26 bits per heavy atom. The van der Waals surface area contributed by atoms with Crippen LogP contribution in [0.5, 0.6) is 5.75 Å². The second-order valence-electron chi connectivity index (χ2n) is 4.91. The third kappa shape index (κ3) is 2.88. The average Bonchev–Trinajstić information content (AvgIpc) is 2.37. The van der Waals surface area contributed by atoms with Gasteiger partial charge in [-0.15, -0.1) is 0 Å². The van der Waals surface area contributed by atoms with E-state index in [1.807, 2.05) is 0 Å². The van der Waals surface area contributed by atoms with Crippen molar-refractivity contribution in [2.24, 2.45) is 0 Å². The van der Waals surface area contributed by atoms with Crippen molar-refractivity contribution in [2.75, 3.05) is 13.7 Å². The van der Waals surface area contributed by atoms with E-state index in [2.05, 4.69) is 5.32 Å². The lowest BCUT2D eigenvalue weighted by Gasteiger charge is -2.39. The number of β-amino-alcohol motifs (C(OH)–C–C–N with tert-alkyl or cyclic N) is 1. The van der Waals surface area contributed by atoms with Gasteiger partial charge in [-0.2, -0.15) is 0 Å². The van der Waals surface area contributed by atoms with Gasteiger partial charge in [-0.05, 0) is 37.0 Å². The van der Waals surface area contributed by atoms with E-state index in [4.69, 9.17) is 4.74 Å². The van der Waals surface area contributed by atoms with Crippen LogP contribution in [0.25, 0.3) is 0 Å². The van der Waals surface area contributed by atoms with Crippen molar-refractivity contribution in [3.8, 4) is 5.75 Å². The van der Waals surface area contributed by atoms with Crippen molar-refractivity contribution in [2.45, 2.75) is 30.9 Å². The number of rotatable bonds is 6. The normalized spacial score (nSPS) is 18.4. The lowest BCUT2D eigenvalue weighted by molar-refractivity contribution is -0.149. The number of carbonyl (C=O) groups is 1. The molecule has 104 valence electrons. The Balaban J connectivity index is 1.97. The number of ether oxygens (including phenoxy) is 1. The molecule has 1 aliphatic rings. The fraction of sp³-hybridized carbons (Fsp3) is 0.500. The maximum absolute atomic E-state index is 11.2. The number of aliphatic carboxylic acids is 1. The third-order valence-corrected chi connectivity index (χ3v) is 3.73. The number of carboxylic acids is 1. The monoisotopic (exact) mass is 265 g/mol. The zero-order valence-electron chi connectivity index (χ0n) is 10.9. The van der Waals surface area contributed by atoms with Gasteiger partial charge in [-0.25, -0.2) is 0 Å². The number of methoxy groups -OCH3 is 1. The van der Waals surface area contributed by atoms with Crippen LogP contribution in [0.4, 0.5) is 0 Å². The predicted octanol–water partition coefficient (Wildman–Crippen LogP) is 1.33. The van der Waals surface area contributed by atoms with Crippen LogP contribution in [0, 0.1) is 0 Å². The lowest BCUT2D eigenvalue weighted by Crippen LogP contribution is -2.58. The molecule has 0 bridgehead atoms.